The van der Waals surface area contributed by atoms with E-state index in [1.54, 1.807) is 4.68 Å². The minimum atomic E-state index is 0.499. The summed E-state index contributed by atoms with van der Waals surface area (Å²) in [4.78, 5) is 0. The van der Waals surface area contributed by atoms with Crippen LogP contribution in [0.5, 0.6) is 0 Å². The van der Waals surface area contributed by atoms with Gasteiger partial charge in [-0.25, -0.2) is 4.68 Å². The molecule has 1 aromatic heterocycles. The highest BCUT2D eigenvalue weighted by Crippen LogP contribution is 2.29. The van der Waals surface area contributed by atoms with Crippen LogP contribution in [0.3, 0.4) is 0 Å². The molecule has 3 nitrogen and oxygen atoms in total. The van der Waals surface area contributed by atoms with Gasteiger partial charge in [0, 0.05) is 0 Å². The Morgan fingerprint density at radius 3 is 2.06 bits per heavy atom. The molecule has 1 heterocycles. The van der Waals surface area contributed by atoms with Crippen LogP contribution in [-0.4, -0.2) is 9.78 Å². The third-order valence-corrected chi connectivity index (χ3v) is 3.34. The molecule has 0 spiro atoms. The molecule has 0 aliphatic rings. The number of halogens is 1. The van der Waals surface area contributed by atoms with E-state index < -0.39 is 0 Å². The van der Waals surface area contributed by atoms with Gasteiger partial charge in [0.15, 0.2) is 0 Å². The number of rotatable bonds is 1. The molecular weight excluding hydrogens is 234 g/mol. The third-order valence-electron chi connectivity index (χ3n) is 2.87. The van der Waals surface area contributed by atoms with Crippen molar-refractivity contribution in [3.63, 3.8) is 0 Å². The number of nitrogens with zero attached hydrogens (tertiary/aromatic N) is 2. The molecule has 0 aliphatic heterocycles. The second kappa shape index (κ2) is 4.08. The van der Waals surface area contributed by atoms with Gasteiger partial charge in [-0.05, 0) is 38.8 Å². The van der Waals surface area contributed by atoms with Crippen LogP contribution in [0.25, 0.3) is 5.69 Å². The Balaban J connectivity index is 2.73. The highest BCUT2D eigenvalue weighted by Gasteiger charge is 2.15. The number of benzene rings is 1. The summed E-state index contributed by atoms with van der Waals surface area (Å²) in [5.74, 6) is 0.499. The lowest BCUT2D eigenvalue weighted by molar-refractivity contribution is 0.857. The lowest BCUT2D eigenvalue weighted by Crippen LogP contribution is -2.06. The maximum absolute atomic E-state index is 6.08. The molecule has 0 bridgehead atoms. The predicted octanol–water partition coefficient (Wildman–Crippen LogP) is 3.34. The third kappa shape index (κ3) is 1.91. The summed E-state index contributed by atoms with van der Waals surface area (Å²) in [6.45, 7) is 8.04. The summed E-state index contributed by atoms with van der Waals surface area (Å²) in [6, 6.07) is 4.24. The van der Waals surface area contributed by atoms with Gasteiger partial charge in [-0.15, -0.1) is 0 Å². The number of aryl methyl sites for hydroxylation is 4. The maximum Gasteiger partial charge on any atom is 0.146 e. The van der Waals surface area contributed by atoms with Crippen LogP contribution in [0.15, 0.2) is 12.1 Å². The molecule has 2 N–H and O–H groups in total. The maximum atomic E-state index is 6.08. The molecule has 2 aromatic rings. The minimum absolute atomic E-state index is 0.499. The molecule has 4 heteroatoms. The van der Waals surface area contributed by atoms with E-state index in [9.17, 15) is 0 Å². The molecule has 2 rings (SSSR count). The van der Waals surface area contributed by atoms with Gasteiger partial charge in [-0.1, -0.05) is 29.3 Å². The van der Waals surface area contributed by atoms with Crippen LogP contribution in [-0.2, 0) is 0 Å². The first-order valence-corrected chi connectivity index (χ1v) is 5.88. The lowest BCUT2D eigenvalue weighted by atomic mass is 10.1. The van der Waals surface area contributed by atoms with E-state index >= 15 is 0 Å². The second-order valence-corrected chi connectivity index (χ2v) is 4.82. The Morgan fingerprint density at radius 2 is 1.65 bits per heavy atom. The van der Waals surface area contributed by atoms with Crippen molar-refractivity contribution in [1.29, 1.82) is 0 Å². The molecule has 0 saturated carbocycles. The molecule has 0 radical (unpaired) electrons. The number of nitrogens with two attached hydrogens (primary N) is 1. The van der Waals surface area contributed by atoms with E-state index in [-0.39, 0.29) is 0 Å². The Hall–Kier alpha value is -1.48. The zero-order valence-corrected chi connectivity index (χ0v) is 11.3. The lowest BCUT2D eigenvalue weighted by Gasteiger charge is -2.12. The first-order valence-electron chi connectivity index (χ1n) is 5.50. The van der Waals surface area contributed by atoms with Crippen molar-refractivity contribution in [2.75, 3.05) is 5.73 Å². The predicted molar refractivity (Wildman–Crippen MR) is 71.9 cm³/mol. The molecule has 1 aromatic carbocycles. The molecule has 0 fully saturated rings. The fourth-order valence-corrected chi connectivity index (χ4v) is 2.32. The molecule has 0 amide bonds. The Morgan fingerprint density at radius 1 is 1.12 bits per heavy atom. The van der Waals surface area contributed by atoms with E-state index in [1.165, 1.54) is 5.56 Å². The smallest absolute Gasteiger partial charge is 0.146 e. The topological polar surface area (TPSA) is 43.8 Å². The van der Waals surface area contributed by atoms with Gasteiger partial charge in [-0.2, -0.15) is 5.10 Å². The number of nitrogen functional groups attached to an aromatic ring is 1. The highest BCUT2D eigenvalue weighted by atomic mass is 35.5. The van der Waals surface area contributed by atoms with Gasteiger partial charge in [0.1, 0.15) is 10.8 Å². The first-order chi connectivity index (χ1) is 7.91. The van der Waals surface area contributed by atoms with Gasteiger partial charge in [0.25, 0.3) is 0 Å². The van der Waals surface area contributed by atoms with Crippen molar-refractivity contribution < 1.29 is 0 Å². The summed E-state index contributed by atoms with van der Waals surface area (Å²) in [7, 11) is 0. The van der Waals surface area contributed by atoms with Crippen LogP contribution >= 0.6 is 11.6 Å². The average Bonchev–Trinajstić information content (AvgIpc) is 2.45. The van der Waals surface area contributed by atoms with Crippen molar-refractivity contribution in [2.45, 2.75) is 27.7 Å². The van der Waals surface area contributed by atoms with Crippen molar-refractivity contribution in [2.24, 2.45) is 0 Å². The van der Waals surface area contributed by atoms with E-state index in [1.807, 2.05) is 6.92 Å². The summed E-state index contributed by atoms with van der Waals surface area (Å²) >= 11 is 6.08. The van der Waals surface area contributed by atoms with Crippen molar-refractivity contribution >= 4 is 17.4 Å². The van der Waals surface area contributed by atoms with Crippen LogP contribution in [0.4, 0.5) is 5.82 Å². The molecule has 0 aliphatic carbocycles. The Labute approximate surface area is 106 Å². The summed E-state index contributed by atoms with van der Waals surface area (Å²) < 4.78 is 1.72. The molecule has 90 valence electrons. The summed E-state index contributed by atoms with van der Waals surface area (Å²) in [6.07, 6.45) is 0. The number of aromatic nitrogens is 2. The largest absolute Gasteiger partial charge is 0.382 e. The van der Waals surface area contributed by atoms with Crippen LogP contribution in [0, 0.1) is 27.7 Å². The Bertz CT molecular complexity index is 562. The fourth-order valence-electron chi connectivity index (χ4n) is 2.20. The fraction of sp³-hybridized carbons (Fsp3) is 0.308. The van der Waals surface area contributed by atoms with E-state index in [2.05, 4.69) is 38.0 Å². The normalized spacial score (nSPS) is 10.9. The van der Waals surface area contributed by atoms with E-state index in [4.69, 9.17) is 17.3 Å². The second-order valence-electron chi connectivity index (χ2n) is 4.44. The van der Waals surface area contributed by atoms with Crippen molar-refractivity contribution in [1.82, 2.24) is 9.78 Å². The molecule has 0 saturated heterocycles. The van der Waals surface area contributed by atoms with Crippen LogP contribution in [0.1, 0.15) is 22.4 Å². The number of hydrogen-bond acceptors (Lipinski definition) is 2. The molecule has 17 heavy (non-hydrogen) atoms. The highest BCUT2D eigenvalue weighted by molar-refractivity contribution is 6.33. The van der Waals surface area contributed by atoms with Gasteiger partial charge < -0.3 is 5.73 Å². The number of hydrogen-bond donors (Lipinski definition) is 1. The monoisotopic (exact) mass is 249 g/mol. The average molecular weight is 250 g/mol. The zero-order chi connectivity index (χ0) is 12.7. The first kappa shape index (κ1) is 12.0. The van der Waals surface area contributed by atoms with Gasteiger partial charge in [0.05, 0.1) is 11.4 Å². The van der Waals surface area contributed by atoms with Gasteiger partial charge >= 0.3 is 0 Å². The standard InChI is InChI=1S/C13H16ClN3/c1-7-5-8(2)12(9(3)6-7)17-13(15)11(14)10(4)16-17/h5-6H,15H2,1-4H3. The SMILES string of the molecule is Cc1cc(C)c(-n2nc(C)c(Cl)c2N)c(C)c1. The van der Waals surface area contributed by atoms with E-state index in [0.29, 0.717) is 10.8 Å². The summed E-state index contributed by atoms with van der Waals surface area (Å²) in [5, 5.41) is 4.92. The van der Waals surface area contributed by atoms with Crippen LogP contribution < -0.4 is 5.73 Å². The van der Waals surface area contributed by atoms with Crippen LogP contribution in [0.2, 0.25) is 5.02 Å². The minimum Gasteiger partial charge on any atom is -0.382 e. The molecule has 0 unspecified atom stereocenters. The van der Waals surface area contributed by atoms with Crippen molar-refractivity contribution in [3.05, 3.63) is 39.5 Å². The molecular formula is C13H16ClN3. The number of anilines is 1. The quantitative estimate of drug-likeness (QED) is 0.842. The van der Waals surface area contributed by atoms with Gasteiger partial charge in [-0.3, -0.25) is 0 Å². The van der Waals surface area contributed by atoms with E-state index in [0.717, 1.165) is 22.5 Å². The molecule has 0 atom stereocenters. The van der Waals surface area contributed by atoms with Crippen molar-refractivity contribution in [3.8, 4) is 5.69 Å². The van der Waals surface area contributed by atoms with Gasteiger partial charge in [0.2, 0.25) is 0 Å². The summed E-state index contributed by atoms with van der Waals surface area (Å²) in [5.41, 5.74) is 11.3. The Kier molecular flexibility index (Phi) is 2.87. The zero-order valence-electron chi connectivity index (χ0n) is 10.5.